The summed E-state index contributed by atoms with van der Waals surface area (Å²) in [5.74, 6) is -1.23. The normalized spacial score (nSPS) is 22.1. The van der Waals surface area contributed by atoms with Crippen LogP contribution in [0, 0.1) is 17.8 Å². The smallest absolute Gasteiger partial charge is 0.391 e. The summed E-state index contributed by atoms with van der Waals surface area (Å²) >= 11 is 0. The highest BCUT2D eigenvalue weighted by Crippen LogP contribution is 2.51. The predicted molar refractivity (Wildman–Crippen MR) is 135 cm³/mol. The molecule has 2 aliphatic carbocycles. The lowest BCUT2D eigenvalue weighted by atomic mass is 9.66. The molecule has 1 aromatic carbocycles. The number of alkyl halides is 3. The molecule has 1 unspecified atom stereocenters. The van der Waals surface area contributed by atoms with Crippen LogP contribution in [0.3, 0.4) is 0 Å². The van der Waals surface area contributed by atoms with E-state index in [-0.39, 0.29) is 41.1 Å². The summed E-state index contributed by atoms with van der Waals surface area (Å²) < 4.78 is 74.3. The molecular formula is C26H25F3N4O4S. The third-order valence-electron chi connectivity index (χ3n) is 7.18. The number of nitrogens with zero attached hydrogens (tertiary/aromatic N) is 3. The average molecular weight is 547 g/mol. The van der Waals surface area contributed by atoms with Gasteiger partial charge in [-0.3, -0.25) is 9.36 Å². The topological polar surface area (TPSA) is 103 Å². The molecule has 5 rings (SSSR count). The Kier molecular flexibility index (Phi) is 6.54. The van der Waals surface area contributed by atoms with Crippen molar-refractivity contribution in [3.8, 4) is 0 Å². The molecule has 8 nitrogen and oxygen atoms in total. The van der Waals surface area contributed by atoms with Crippen molar-refractivity contribution in [1.82, 2.24) is 14.5 Å². The zero-order valence-corrected chi connectivity index (χ0v) is 21.4. The van der Waals surface area contributed by atoms with E-state index in [1.165, 1.54) is 42.3 Å². The Hall–Kier alpha value is -3.67. The minimum Gasteiger partial charge on any atom is -0.495 e. The lowest BCUT2D eigenvalue weighted by Gasteiger charge is -2.41. The maximum atomic E-state index is 13.0. The summed E-state index contributed by atoms with van der Waals surface area (Å²) in [5.41, 5.74) is 1.60. The molecule has 0 radical (unpaired) electrons. The van der Waals surface area contributed by atoms with E-state index in [0.717, 1.165) is 5.57 Å². The molecule has 0 aliphatic heterocycles. The fourth-order valence-electron chi connectivity index (χ4n) is 5.14. The van der Waals surface area contributed by atoms with Crippen molar-refractivity contribution in [2.45, 2.75) is 37.3 Å². The Morgan fingerprint density at radius 2 is 1.82 bits per heavy atom. The molecule has 1 atom stereocenters. The Morgan fingerprint density at radius 1 is 1.11 bits per heavy atom. The number of halogens is 3. The molecule has 0 spiro atoms. The molecule has 1 saturated carbocycles. The van der Waals surface area contributed by atoms with Gasteiger partial charge in [0.15, 0.2) is 0 Å². The summed E-state index contributed by atoms with van der Waals surface area (Å²) in [7, 11) is -2.54. The van der Waals surface area contributed by atoms with Gasteiger partial charge >= 0.3 is 6.18 Å². The van der Waals surface area contributed by atoms with Crippen LogP contribution in [0.5, 0.6) is 0 Å². The first-order valence-corrected chi connectivity index (χ1v) is 13.5. The van der Waals surface area contributed by atoms with Gasteiger partial charge in [-0.2, -0.15) is 13.2 Å². The summed E-state index contributed by atoms with van der Waals surface area (Å²) in [4.78, 5) is 20.8. The maximum Gasteiger partial charge on any atom is 0.391 e. The van der Waals surface area contributed by atoms with Crippen molar-refractivity contribution in [1.29, 1.82) is 0 Å². The molecule has 0 amide bonds. The van der Waals surface area contributed by atoms with Crippen LogP contribution in [0.25, 0.3) is 16.6 Å². The quantitative estimate of drug-likeness (QED) is 0.469. The SMILES string of the molecule is COC1=C(n2c(=O)ccc3cc(S(=O)(=O)Nc4ncccn4)ccc32)CC(C)C([C@H]2C[C@H](C(F)(F)F)C2)=C1. The molecule has 0 saturated heterocycles. The molecule has 200 valence electrons. The van der Waals surface area contributed by atoms with Gasteiger partial charge in [0.05, 0.1) is 29.1 Å². The Labute approximate surface area is 216 Å². The molecule has 1 N–H and O–H groups in total. The van der Waals surface area contributed by atoms with Gasteiger partial charge in [0.1, 0.15) is 5.76 Å². The zero-order valence-electron chi connectivity index (χ0n) is 20.6. The van der Waals surface area contributed by atoms with Gasteiger partial charge in [-0.15, -0.1) is 0 Å². The number of nitrogens with one attached hydrogen (secondary N) is 1. The van der Waals surface area contributed by atoms with E-state index in [1.807, 2.05) is 6.92 Å². The first-order chi connectivity index (χ1) is 18.0. The Bertz CT molecular complexity index is 1610. The van der Waals surface area contributed by atoms with Crippen molar-refractivity contribution >= 4 is 32.6 Å². The van der Waals surface area contributed by atoms with Crippen LogP contribution in [0.15, 0.2) is 75.9 Å². The largest absolute Gasteiger partial charge is 0.495 e. The number of anilines is 1. The third kappa shape index (κ3) is 4.80. The predicted octanol–water partition coefficient (Wildman–Crippen LogP) is 4.96. The van der Waals surface area contributed by atoms with Crippen LogP contribution in [0.4, 0.5) is 19.1 Å². The first kappa shape index (κ1) is 26.0. The number of aromatic nitrogens is 3. The summed E-state index contributed by atoms with van der Waals surface area (Å²) in [6.45, 7) is 1.93. The van der Waals surface area contributed by atoms with E-state index in [2.05, 4.69) is 14.7 Å². The van der Waals surface area contributed by atoms with Crippen LogP contribution in [-0.4, -0.2) is 36.2 Å². The van der Waals surface area contributed by atoms with Crippen molar-refractivity contribution in [2.24, 2.45) is 17.8 Å². The van der Waals surface area contributed by atoms with Crippen LogP contribution in [0.2, 0.25) is 0 Å². The van der Waals surface area contributed by atoms with E-state index in [1.54, 1.807) is 24.3 Å². The summed E-state index contributed by atoms with van der Waals surface area (Å²) in [6.07, 6.45) is 0.888. The van der Waals surface area contributed by atoms with Crippen LogP contribution < -0.4 is 10.3 Å². The number of fused-ring (bicyclic) bond motifs is 1. The molecule has 12 heteroatoms. The van der Waals surface area contributed by atoms with E-state index in [9.17, 15) is 26.4 Å². The molecule has 3 aromatic rings. The Balaban J connectivity index is 1.52. The zero-order chi connectivity index (χ0) is 27.2. The summed E-state index contributed by atoms with van der Waals surface area (Å²) in [5, 5.41) is 0.499. The highest BCUT2D eigenvalue weighted by Gasteiger charge is 2.49. The second kappa shape index (κ2) is 9.57. The van der Waals surface area contributed by atoms with E-state index in [0.29, 0.717) is 28.8 Å². The maximum absolute atomic E-state index is 13.0. The standard InChI is InChI=1S/C26H25F3N4O4S/c1-15-10-22(23(37-2)14-20(15)17-11-18(12-17)26(27,28)29)33-21-6-5-19(13-16(21)4-7-24(33)34)38(35,36)32-25-30-8-3-9-31-25/h3-9,13-15,17-18H,10-12H2,1-2H3,(H,30,31,32)/t15?,17-,18-. The van der Waals surface area contributed by atoms with E-state index >= 15 is 0 Å². The minimum absolute atomic E-state index is 0.0352. The van der Waals surface area contributed by atoms with Gasteiger partial charge in [-0.05, 0) is 67.5 Å². The van der Waals surface area contributed by atoms with Crippen LogP contribution in [0.1, 0.15) is 26.2 Å². The number of hydrogen-bond donors (Lipinski definition) is 1. The van der Waals surface area contributed by atoms with E-state index in [4.69, 9.17) is 4.74 Å². The van der Waals surface area contributed by atoms with Gasteiger partial charge in [-0.25, -0.2) is 23.1 Å². The number of hydrogen-bond acceptors (Lipinski definition) is 6. The number of rotatable bonds is 6. The number of allylic oxidation sites excluding steroid dienone is 3. The second-order valence-corrected chi connectivity index (χ2v) is 11.3. The van der Waals surface area contributed by atoms with Crippen molar-refractivity contribution in [2.75, 3.05) is 11.8 Å². The highest BCUT2D eigenvalue weighted by atomic mass is 32.2. The fourth-order valence-corrected chi connectivity index (χ4v) is 6.13. The fraction of sp³-hybridized carbons (Fsp3) is 0.346. The van der Waals surface area contributed by atoms with Crippen LogP contribution >= 0.6 is 0 Å². The van der Waals surface area contributed by atoms with Gasteiger partial charge < -0.3 is 4.74 Å². The van der Waals surface area contributed by atoms with E-state index < -0.39 is 22.1 Å². The number of sulfonamides is 1. The average Bonchev–Trinajstić information content (AvgIpc) is 2.83. The van der Waals surface area contributed by atoms with Crippen molar-refractivity contribution < 1.29 is 26.3 Å². The van der Waals surface area contributed by atoms with Gasteiger partial charge in [0, 0.05) is 23.8 Å². The molecule has 2 aromatic heterocycles. The molecule has 2 heterocycles. The minimum atomic E-state index is -4.19. The number of ether oxygens (including phenoxy) is 1. The Morgan fingerprint density at radius 3 is 2.47 bits per heavy atom. The molecule has 1 fully saturated rings. The number of methoxy groups -OCH3 is 1. The molecular weight excluding hydrogens is 521 g/mol. The van der Waals surface area contributed by atoms with Gasteiger partial charge in [0.25, 0.3) is 15.6 Å². The monoisotopic (exact) mass is 546 g/mol. The van der Waals surface area contributed by atoms with Gasteiger partial charge in [-0.1, -0.05) is 12.5 Å². The second-order valence-electron chi connectivity index (χ2n) is 9.58. The highest BCUT2D eigenvalue weighted by molar-refractivity contribution is 7.92. The summed E-state index contributed by atoms with van der Waals surface area (Å²) in [6, 6.07) is 8.82. The molecule has 0 bridgehead atoms. The van der Waals surface area contributed by atoms with Crippen molar-refractivity contribution in [3.63, 3.8) is 0 Å². The van der Waals surface area contributed by atoms with Gasteiger partial charge in [0.2, 0.25) is 5.95 Å². The third-order valence-corrected chi connectivity index (χ3v) is 8.51. The lowest BCUT2D eigenvalue weighted by molar-refractivity contribution is -0.201. The van der Waals surface area contributed by atoms with Crippen molar-refractivity contribution in [3.05, 3.63) is 76.6 Å². The number of benzene rings is 1. The first-order valence-electron chi connectivity index (χ1n) is 12.0. The van der Waals surface area contributed by atoms with Crippen LogP contribution in [-0.2, 0) is 14.8 Å². The lowest BCUT2D eigenvalue weighted by Crippen LogP contribution is -2.38. The molecule has 38 heavy (non-hydrogen) atoms. The molecule has 2 aliphatic rings. The number of pyridine rings is 1.